The van der Waals surface area contributed by atoms with Gasteiger partial charge in [-0.05, 0) is 121 Å². The summed E-state index contributed by atoms with van der Waals surface area (Å²) in [6, 6.07) is 45.8. The van der Waals surface area contributed by atoms with E-state index in [4.69, 9.17) is 40.9 Å². The predicted octanol–water partition coefficient (Wildman–Crippen LogP) is 12.1. The Morgan fingerprint density at radius 2 is 1.03 bits per heavy atom. The lowest BCUT2D eigenvalue weighted by Gasteiger charge is -2.45. The van der Waals surface area contributed by atoms with Crippen LogP contribution in [0.15, 0.2) is 146 Å². The Kier molecular flexibility index (Phi) is 17.9. The van der Waals surface area contributed by atoms with Crippen LogP contribution in [0, 0.1) is 22.7 Å². The second-order valence-electron chi connectivity index (χ2n) is 22.6. The Balaban J connectivity index is 0.000000195. The van der Waals surface area contributed by atoms with Crippen molar-refractivity contribution in [1.82, 2.24) is 19.8 Å². The molecule has 0 unspecified atom stereocenters. The molecular weight excluding hydrogens is 1000 g/mol. The zero-order chi connectivity index (χ0) is 56.7. The third-order valence-electron chi connectivity index (χ3n) is 14.9. The number of benzene rings is 4. The van der Waals surface area contributed by atoms with Crippen LogP contribution in [0.2, 0.25) is 5.15 Å². The van der Waals surface area contributed by atoms with E-state index >= 15 is 0 Å². The number of cyclic esters (lactones) is 2. The average Bonchev–Trinajstić information content (AvgIpc) is 3.77. The first-order valence-electron chi connectivity index (χ1n) is 26.3. The molecule has 2 amide bonds. The van der Waals surface area contributed by atoms with Crippen LogP contribution in [0.1, 0.15) is 140 Å². The Morgan fingerprint density at radius 3 is 1.38 bits per heavy atom. The number of carbonyl (C=O) groups excluding carboxylic acids is 2. The van der Waals surface area contributed by atoms with Crippen molar-refractivity contribution in [3.63, 3.8) is 0 Å². The molecule has 0 radical (unpaired) electrons. The number of hydrogen-bond acceptors (Lipinski definition) is 12. The minimum atomic E-state index is -0.987. The number of rotatable bonds is 12. The molecule has 16 heteroatoms. The van der Waals surface area contributed by atoms with Gasteiger partial charge in [-0.1, -0.05) is 121 Å². The van der Waals surface area contributed by atoms with Gasteiger partial charge in [0, 0.05) is 56.7 Å². The summed E-state index contributed by atoms with van der Waals surface area (Å²) in [5, 5.41) is 38.8. The van der Waals surface area contributed by atoms with Gasteiger partial charge in [-0.3, -0.25) is 4.98 Å². The monoisotopic (exact) mass is 1070 g/mol. The largest absolute Gasteiger partial charge is 0.494 e. The summed E-state index contributed by atoms with van der Waals surface area (Å²) in [6.45, 7) is 20.2. The van der Waals surface area contributed by atoms with E-state index in [1.807, 2.05) is 163 Å². The molecule has 2 aromatic heterocycles. The fraction of sp³-hybridized carbons (Fsp3) is 0.387. The Hall–Kier alpha value is -7.11. The van der Waals surface area contributed by atoms with Gasteiger partial charge in [0.05, 0.1) is 51.3 Å². The van der Waals surface area contributed by atoms with Gasteiger partial charge in [0.2, 0.25) is 0 Å². The summed E-state index contributed by atoms with van der Waals surface area (Å²) in [4.78, 5) is 38.0. The first kappa shape index (κ1) is 58.6. The van der Waals surface area contributed by atoms with Crippen LogP contribution in [0.4, 0.5) is 9.59 Å². The molecule has 3 saturated heterocycles. The molecule has 9 rings (SSSR count). The highest BCUT2D eigenvalue weighted by Gasteiger charge is 2.52. The third-order valence-corrected chi connectivity index (χ3v) is 15.1. The summed E-state index contributed by atoms with van der Waals surface area (Å²) < 4.78 is 24.5. The van der Waals surface area contributed by atoms with Crippen LogP contribution in [0.25, 0.3) is 11.3 Å². The fourth-order valence-electron chi connectivity index (χ4n) is 10.1. The average molecular weight is 1070 g/mol. The number of amides is 2. The second kappa shape index (κ2) is 23.9. The molecule has 0 spiro atoms. The fourth-order valence-corrected chi connectivity index (χ4v) is 10.2. The van der Waals surface area contributed by atoms with Gasteiger partial charge in [-0.2, -0.15) is 10.5 Å². The van der Waals surface area contributed by atoms with Gasteiger partial charge in [-0.25, -0.2) is 14.6 Å². The second-order valence-corrected chi connectivity index (χ2v) is 23.0. The quantitative estimate of drug-likeness (QED) is 0.0872. The maximum Gasteiger partial charge on any atom is 0.494 e. The molecule has 2 N–H and O–H groups in total. The van der Waals surface area contributed by atoms with Crippen molar-refractivity contribution in [2.75, 3.05) is 13.1 Å². The van der Waals surface area contributed by atoms with E-state index in [0.29, 0.717) is 55.1 Å². The van der Waals surface area contributed by atoms with E-state index in [0.717, 1.165) is 39.0 Å². The molecule has 406 valence electrons. The molecule has 3 aliphatic rings. The molecule has 0 bridgehead atoms. The molecule has 0 saturated carbocycles. The van der Waals surface area contributed by atoms with Gasteiger partial charge >= 0.3 is 19.3 Å². The minimum absolute atomic E-state index is 0.161. The summed E-state index contributed by atoms with van der Waals surface area (Å²) in [5.41, 5.74) is 3.07. The first-order valence-corrected chi connectivity index (χ1v) is 26.6. The smallest absolute Gasteiger partial charge is 0.438 e. The van der Waals surface area contributed by atoms with Crippen molar-refractivity contribution in [2.45, 2.75) is 141 Å². The number of ether oxygens (including phenoxy) is 2. The number of halogens is 1. The molecule has 0 aliphatic carbocycles. The number of hydrogen-bond donors (Lipinski definition) is 2. The van der Waals surface area contributed by atoms with Crippen molar-refractivity contribution >= 4 is 36.4 Å². The van der Waals surface area contributed by atoms with Crippen LogP contribution in [-0.2, 0) is 30.0 Å². The molecule has 4 aromatic carbocycles. The van der Waals surface area contributed by atoms with Gasteiger partial charge in [0.1, 0.15) is 28.5 Å². The molecule has 4 atom stereocenters. The van der Waals surface area contributed by atoms with E-state index in [-0.39, 0.29) is 24.3 Å². The lowest BCUT2D eigenvalue weighted by Crippen LogP contribution is -2.51. The van der Waals surface area contributed by atoms with E-state index in [2.05, 4.69) is 16.0 Å². The van der Waals surface area contributed by atoms with Crippen molar-refractivity contribution in [3.05, 3.63) is 184 Å². The van der Waals surface area contributed by atoms with Gasteiger partial charge in [0.25, 0.3) is 0 Å². The number of pyridine rings is 2. The van der Waals surface area contributed by atoms with E-state index in [1.165, 1.54) is 6.20 Å². The molecule has 3 fully saturated rings. The van der Waals surface area contributed by atoms with Gasteiger partial charge < -0.3 is 38.8 Å². The number of carbonyl (C=O) groups is 2. The third kappa shape index (κ3) is 14.1. The number of nitrogens with zero attached hydrogens (tertiary/aromatic N) is 6. The molecular formula is C62H70BClN6O8. The lowest BCUT2D eigenvalue weighted by atomic mass is 9.78. The molecule has 78 heavy (non-hydrogen) atoms. The molecule has 14 nitrogen and oxygen atoms in total. The minimum Gasteiger partial charge on any atom is -0.438 e. The number of aliphatic hydroxyl groups is 2. The Bertz CT molecular complexity index is 3050. The highest BCUT2D eigenvalue weighted by atomic mass is 35.5. The Labute approximate surface area is 464 Å². The molecule has 5 heterocycles. The SMILES string of the molecule is C[C@@H](c1ccc(-c2ccc(C#N)cn2)cc1)N1CC[C@](CC(C)(C)O)(c2ccccc2)OC1=O.C[C@@H](c1ccc(B2OC(C)(C)C(C)(C)O2)cc1)N1CC[C@](CC(C)(C)O)(c2ccccc2)OC1=O.N#Cc1ccc(Cl)nc1. The normalized spacial score (nSPS) is 20.5. The van der Waals surface area contributed by atoms with Crippen molar-refractivity contribution in [2.24, 2.45) is 0 Å². The summed E-state index contributed by atoms with van der Waals surface area (Å²) >= 11 is 5.45. The Morgan fingerprint density at radius 1 is 0.615 bits per heavy atom. The van der Waals surface area contributed by atoms with Gasteiger partial charge in [-0.15, -0.1) is 0 Å². The first-order chi connectivity index (χ1) is 36.8. The van der Waals surface area contributed by atoms with E-state index < -0.39 is 40.7 Å². The highest BCUT2D eigenvalue weighted by molar-refractivity contribution is 6.62. The van der Waals surface area contributed by atoms with Crippen molar-refractivity contribution in [1.29, 1.82) is 10.5 Å². The van der Waals surface area contributed by atoms with Crippen molar-refractivity contribution < 1.29 is 38.6 Å². The summed E-state index contributed by atoms with van der Waals surface area (Å²) in [5.74, 6) is 0. The maximum atomic E-state index is 13.3. The number of nitriles is 2. The standard InChI is InChI=1S/C28H38BNO5.C28H29N3O3.C6H3ClN2/c1-20(21-13-15-23(16-14-21)29-34-26(4,5)27(6,7)35-29)30-18-17-28(33-24(30)31,19-25(2,3)32)22-11-9-8-10-12-22;1-20(22-10-12-23(13-11-22)25-14-9-21(17-29)18-30-25)31-16-15-28(34-26(31)32,19-27(2,3)33)24-7-5-4-6-8-24;7-6-2-1-5(3-8)4-9-6/h8-16,20,32H,17-19H2,1-7H3;4-14,18,20,33H,15-16,19H2,1-3H3;1-2,4H/t2*20-,28-;/m00./s1. The zero-order valence-electron chi connectivity index (χ0n) is 46.2. The molecule has 6 aromatic rings. The lowest BCUT2D eigenvalue weighted by molar-refractivity contribution is -0.102. The van der Waals surface area contributed by atoms with Crippen molar-refractivity contribution in [3.8, 4) is 23.4 Å². The van der Waals surface area contributed by atoms with E-state index in [1.54, 1.807) is 61.9 Å². The van der Waals surface area contributed by atoms with E-state index in [9.17, 15) is 19.8 Å². The number of aromatic nitrogens is 2. The van der Waals surface area contributed by atoms with Crippen LogP contribution in [-0.4, -0.2) is 84.8 Å². The van der Waals surface area contributed by atoms with Crippen LogP contribution in [0.3, 0.4) is 0 Å². The van der Waals surface area contributed by atoms with Crippen LogP contribution in [0.5, 0.6) is 0 Å². The zero-order valence-corrected chi connectivity index (χ0v) is 47.0. The van der Waals surface area contributed by atoms with Crippen LogP contribution < -0.4 is 5.46 Å². The molecule has 3 aliphatic heterocycles. The van der Waals surface area contributed by atoms with Crippen LogP contribution >= 0.6 is 11.6 Å². The summed E-state index contributed by atoms with van der Waals surface area (Å²) in [7, 11) is -0.419. The summed E-state index contributed by atoms with van der Waals surface area (Å²) in [6.07, 6.45) is 4.08. The highest BCUT2D eigenvalue weighted by Crippen LogP contribution is 2.44. The topological polar surface area (TPSA) is 191 Å². The van der Waals surface area contributed by atoms with Gasteiger partial charge in [0.15, 0.2) is 0 Å². The maximum absolute atomic E-state index is 13.3. The predicted molar refractivity (Wildman–Crippen MR) is 301 cm³/mol.